The van der Waals surface area contributed by atoms with Gasteiger partial charge in [0.15, 0.2) is 18.1 Å². The van der Waals surface area contributed by atoms with E-state index in [4.69, 9.17) is 9.47 Å². The number of nitrogens with one attached hydrogen (secondary N) is 1. The summed E-state index contributed by atoms with van der Waals surface area (Å²) in [6.45, 7) is 2.86. The summed E-state index contributed by atoms with van der Waals surface area (Å²) < 4.78 is 11.2. The van der Waals surface area contributed by atoms with Gasteiger partial charge in [0.1, 0.15) is 0 Å². The first-order chi connectivity index (χ1) is 15.0. The first-order valence-electron chi connectivity index (χ1n) is 10.8. The molecule has 7 nitrogen and oxygen atoms in total. The molecule has 1 aromatic heterocycles. The van der Waals surface area contributed by atoms with Gasteiger partial charge in [0.25, 0.3) is 5.91 Å². The van der Waals surface area contributed by atoms with E-state index in [-0.39, 0.29) is 24.3 Å². The number of hydrogen-bond donors (Lipinski definition) is 1. The van der Waals surface area contributed by atoms with Gasteiger partial charge in [-0.1, -0.05) is 18.6 Å². The summed E-state index contributed by atoms with van der Waals surface area (Å²) in [5.41, 5.74) is 1.47. The molecule has 4 rings (SSSR count). The van der Waals surface area contributed by atoms with Crippen LogP contribution in [0.15, 0.2) is 42.6 Å². The van der Waals surface area contributed by atoms with E-state index in [1.54, 1.807) is 18.2 Å². The molecule has 2 fully saturated rings. The van der Waals surface area contributed by atoms with Crippen molar-refractivity contribution in [2.75, 3.05) is 26.8 Å². The number of carbonyl (C=O) groups excluding carboxylic acids is 2. The Balaban J connectivity index is 1.52. The highest BCUT2D eigenvalue weighted by atomic mass is 16.5. The molecular weight excluding hydrogens is 394 g/mol. The van der Waals surface area contributed by atoms with E-state index >= 15 is 0 Å². The Morgan fingerprint density at radius 2 is 2.13 bits per heavy atom. The first-order valence-corrected chi connectivity index (χ1v) is 10.8. The van der Waals surface area contributed by atoms with Gasteiger partial charge in [-0.05, 0) is 49.6 Å². The normalized spacial score (nSPS) is 23.4. The van der Waals surface area contributed by atoms with Gasteiger partial charge in [0.05, 0.1) is 12.6 Å². The highest BCUT2D eigenvalue weighted by molar-refractivity contribution is 5.80. The number of carbonyl (C=O) groups is 2. The standard InChI is InChI=1S/C24H29N3O4/c1-17-9-10-20(21(13-17)30-2)31-15-23(29)27-14-18(19-7-4-6-12-25-19)24(16-27)11-5-3-8-22(28)26-24/h4,6-7,9-10,12-13,18H,3,5,8,11,14-16H2,1-2H3,(H,26,28)/t18-,24+/m0/s1. The Morgan fingerprint density at radius 1 is 1.26 bits per heavy atom. The smallest absolute Gasteiger partial charge is 0.260 e. The molecule has 0 bridgehead atoms. The number of pyridine rings is 1. The van der Waals surface area contributed by atoms with Crippen molar-refractivity contribution in [2.45, 2.75) is 44.1 Å². The first kappa shape index (κ1) is 21.2. The third-order valence-corrected chi connectivity index (χ3v) is 6.28. The molecule has 2 atom stereocenters. The summed E-state index contributed by atoms with van der Waals surface area (Å²) in [6, 6.07) is 11.4. The van der Waals surface area contributed by atoms with Crippen LogP contribution in [0.25, 0.3) is 0 Å². The number of methoxy groups -OCH3 is 1. The monoisotopic (exact) mass is 423 g/mol. The van der Waals surface area contributed by atoms with Crippen LogP contribution in [0.4, 0.5) is 0 Å². The second kappa shape index (κ2) is 8.96. The zero-order valence-electron chi connectivity index (χ0n) is 18.1. The summed E-state index contributed by atoms with van der Waals surface area (Å²) in [4.78, 5) is 31.9. The molecule has 164 valence electrons. The molecule has 1 spiro atoms. The fraction of sp³-hybridized carbons (Fsp3) is 0.458. The molecule has 2 aliphatic heterocycles. The van der Waals surface area contributed by atoms with Gasteiger partial charge in [-0.15, -0.1) is 0 Å². The summed E-state index contributed by atoms with van der Waals surface area (Å²) in [5, 5.41) is 3.25. The van der Waals surface area contributed by atoms with Gasteiger partial charge in [-0.25, -0.2) is 0 Å². The zero-order chi connectivity index (χ0) is 21.8. The number of hydrogen-bond acceptors (Lipinski definition) is 5. The van der Waals surface area contributed by atoms with Gasteiger partial charge < -0.3 is 19.7 Å². The average Bonchev–Trinajstić information content (AvgIpc) is 3.04. The number of aryl methyl sites for hydroxylation is 1. The Morgan fingerprint density at radius 3 is 2.90 bits per heavy atom. The maximum Gasteiger partial charge on any atom is 0.260 e. The lowest BCUT2D eigenvalue weighted by atomic mass is 9.81. The lowest BCUT2D eigenvalue weighted by Gasteiger charge is -2.34. The van der Waals surface area contributed by atoms with Crippen molar-refractivity contribution < 1.29 is 19.1 Å². The summed E-state index contributed by atoms with van der Waals surface area (Å²) in [5.74, 6) is 1.04. The maximum atomic E-state index is 13.1. The minimum Gasteiger partial charge on any atom is -0.493 e. The van der Waals surface area contributed by atoms with Crippen molar-refractivity contribution in [2.24, 2.45) is 0 Å². The topological polar surface area (TPSA) is 80.8 Å². The largest absolute Gasteiger partial charge is 0.493 e. The number of amides is 2. The average molecular weight is 424 g/mol. The van der Waals surface area contributed by atoms with Crippen LogP contribution in [0, 0.1) is 6.92 Å². The second-order valence-corrected chi connectivity index (χ2v) is 8.44. The van der Waals surface area contributed by atoms with Crippen molar-refractivity contribution in [3.05, 3.63) is 53.9 Å². The Kier molecular flexibility index (Phi) is 6.11. The predicted octanol–water partition coefficient (Wildman–Crippen LogP) is 2.83. The van der Waals surface area contributed by atoms with Gasteiger partial charge >= 0.3 is 0 Å². The number of nitrogens with zero attached hydrogens (tertiary/aromatic N) is 2. The number of rotatable bonds is 5. The highest BCUT2D eigenvalue weighted by Crippen LogP contribution is 2.40. The molecule has 0 saturated carbocycles. The van der Waals surface area contributed by atoms with Gasteiger partial charge in [-0.2, -0.15) is 0 Å². The molecule has 2 aromatic rings. The van der Waals surface area contributed by atoms with Crippen molar-refractivity contribution in [1.82, 2.24) is 15.2 Å². The van der Waals surface area contributed by atoms with Crippen molar-refractivity contribution in [1.29, 1.82) is 0 Å². The van der Waals surface area contributed by atoms with Crippen molar-refractivity contribution in [3.63, 3.8) is 0 Å². The maximum absolute atomic E-state index is 13.1. The van der Waals surface area contributed by atoms with E-state index in [0.29, 0.717) is 31.0 Å². The molecule has 1 aromatic carbocycles. The van der Waals surface area contributed by atoms with Crippen molar-refractivity contribution >= 4 is 11.8 Å². The lowest BCUT2D eigenvalue weighted by molar-refractivity contribution is -0.133. The van der Waals surface area contributed by atoms with E-state index in [1.807, 2.05) is 43.3 Å². The van der Waals surface area contributed by atoms with Crippen LogP contribution in [0.1, 0.15) is 42.9 Å². The highest BCUT2D eigenvalue weighted by Gasteiger charge is 2.50. The van der Waals surface area contributed by atoms with E-state index in [1.165, 1.54) is 0 Å². The number of ether oxygens (including phenoxy) is 2. The van der Waals surface area contributed by atoms with Crippen molar-refractivity contribution in [3.8, 4) is 11.5 Å². The quantitative estimate of drug-likeness (QED) is 0.800. The number of aromatic nitrogens is 1. The predicted molar refractivity (Wildman–Crippen MR) is 116 cm³/mol. The fourth-order valence-corrected chi connectivity index (χ4v) is 4.69. The summed E-state index contributed by atoms with van der Waals surface area (Å²) in [6.07, 6.45) is 4.93. The second-order valence-electron chi connectivity index (χ2n) is 8.44. The van der Waals surface area contributed by atoms with E-state index in [0.717, 1.165) is 30.5 Å². The molecule has 7 heteroatoms. The lowest BCUT2D eigenvalue weighted by Crippen LogP contribution is -2.53. The van der Waals surface area contributed by atoms with Crippen LogP contribution in [0.2, 0.25) is 0 Å². The molecule has 0 unspecified atom stereocenters. The molecule has 2 amide bonds. The van der Waals surface area contributed by atoms with E-state index in [9.17, 15) is 9.59 Å². The third kappa shape index (κ3) is 4.50. The molecule has 3 heterocycles. The number of likely N-dealkylation sites (tertiary alicyclic amines) is 1. The molecule has 2 saturated heterocycles. The Hall–Kier alpha value is -3.09. The van der Waals surface area contributed by atoms with Crippen LogP contribution in [-0.2, 0) is 9.59 Å². The van der Waals surface area contributed by atoms with Crippen LogP contribution in [-0.4, -0.2) is 54.0 Å². The number of benzene rings is 1. The molecule has 2 aliphatic rings. The van der Waals surface area contributed by atoms with Crippen LogP contribution in [0.5, 0.6) is 11.5 Å². The van der Waals surface area contributed by atoms with Crippen LogP contribution >= 0.6 is 0 Å². The fourth-order valence-electron chi connectivity index (χ4n) is 4.69. The summed E-state index contributed by atoms with van der Waals surface area (Å²) >= 11 is 0. The van der Waals surface area contributed by atoms with Gasteiger partial charge in [-0.3, -0.25) is 14.6 Å². The van der Waals surface area contributed by atoms with E-state index < -0.39 is 5.54 Å². The third-order valence-electron chi connectivity index (χ3n) is 6.28. The molecule has 0 aliphatic carbocycles. The zero-order valence-corrected chi connectivity index (χ0v) is 18.1. The van der Waals surface area contributed by atoms with Crippen LogP contribution in [0.3, 0.4) is 0 Å². The van der Waals surface area contributed by atoms with Crippen LogP contribution < -0.4 is 14.8 Å². The SMILES string of the molecule is COc1cc(C)ccc1OCC(=O)N1C[C@@H](c2ccccn2)[C@@]2(CCCCC(=O)N2)C1. The van der Waals surface area contributed by atoms with Gasteiger partial charge in [0.2, 0.25) is 5.91 Å². The van der Waals surface area contributed by atoms with Gasteiger partial charge in [0, 0.05) is 37.3 Å². The Labute approximate surface area is 182 Å². The minimum atomic E-state index is -0.487. The summed E-state index contributed by atoms with van der Waals surface area (Å²) in [7, 11) is 1.58. The molecule has 1 N–H and O–H groups in total. The molecular formula is C24H29N3O4. The Bertz CT molecular complexity index is 949. The van der Waals surface area contributed by atoms with E-state index in [2.05, 4.69) is 10.3 Å². The minimum absolute atomic E-state index is 0.0476. The molecule has 0 radical (unpaired) electrons. The molecule has 31 heavy (non-hydrogen) atoms.